The first-order valence-corrected chi connectivity index (χ1v) is 19.3. The highest BCUT2D eigenvalue weighted by Gasteiger charge is 2.66. The second-order valence-electron chi connectivity index (χ2n) is 14.4. The van der Waals surface area contributed by atoms with Crippen molar-refractivity contribution in [2.75, 3.05) is 27.4 Å². The van der Waals surface area contributed by atoms with Crippen LogP contribution in [0.25, 0.3) is 0 Å². The standard InChI is InChI=1S/C40H53NO22/c1-18(42)41-32-28(56-21(4)45)15-40(39(51)53-10,63-36(32)34(59-24(7)48)30(57-22(5)46)17-55-20(3)44)37(50)31-33(58-23(6)47)29(16-54-19(2)43)62-38(35(31)60-25(8)49)61-27-13-11-26(52-9)12-14-27/h11-14,28-38,50H,15-17H2,1-10H3,(H,41,42)/t28-,29+,30+,31-,32+,33-,34+,35+,36+,37-,38+,40-/m0/s1. The van der Waals surface area contributed by atoms with Crippen molar-refractivity contribution >= 4 is 53.7 Å². The lowest BCUT2D eigenvalue weighted by Gasteiger charge is -2.54. The van der Waals surface area contributed by atoms with Crippen molar-refractivity contribution in [2.45, 2.75) is 129 Å². The quantitative estimate of drug-likeness (QED) is 0.142. The number of hydrogen-bond acceptors (Lipinski definition) is 22. The Bertz CT molecular complexity index is 1830. The predicted molar refractivity (Wildman–Crippen MR) is 205 cm³/mol. The fraction of sp³-hybridized carbons (Fsp3) is 0.625. The Labute approximate surface area is 361 Å². The topological polar surface area (TPSA) is 297 Å². The third kappa shape index (κ3) is 14.0. The summed E-state index contributed by atoms with van der Waals surface area (Å²) in [5.74, 6) is -10.4. The van der Waals surface area contributed by atoms with Crippen LogP contribution in [0.15, 0.2) is 24.3 Å². The maximum Gasteiger partial charge on any atom is 0.341 e. The number of ether oxygens (including phenoxy) is 12. The number of hydrogen-bond donors (Lipinski definition) is 2. The second-order valence-corrected chi connectivity index (χ2v) is 14.4. The van der Waals surface area contributed by atoms with Crippen LogP contribution in [0.2, 0.25) is 0 Å². The van der Waals surface area contributed by atoms with Gasteiger partial charge < -0.3 is 67.3 Å². The van der Waals surface area contributed by atoms with Crippen molar-refractivity contribution in [1.29, 1.82) is 0 Å². The summed E-state index contributed by atoms with van der Waals surface area (Å²) in [5.41, 5.74) is -2.91. The molecule has 0 aromatic heterocycles. The van der Waals surface area contributed by atoms with Gasteiger partial charge in [0.25, 0.3) is 0 Å². The molecule has 1 aromatic rings. The Morgan fingerprint density at radius 1 is 0.730 bits per heavy atom. The number of esters is 8. The molecule has 1 amide bonds. The molecule has 2 saturated heterocycles. The average molecular weight is 900 g/mol. The predicted octanol–water partition coefficient (Wildman–Crippen LogP) is -0.234. The minimum atomic E-state index is -2.91. The van der Waals surface area contributed by atoms with Crippen molar-refractivity contribution in [2.24, 2.45) is 5.92 Å². The van der Waals surface area contributed by atoms with Crippen molar-refractivity contribution in [3.63, 3.8) is 0 Å². The van der Waals surface area contributed by atoms with Gasteiger partial charge in [-0.3, -0.25) is 38.4 Å². The molecule has 2 heterocycles. The zero-order chi connectivity index (χ0) is 47.3. The van der Waals surface area contributed by atoms with Gasteiger partial charge in [0.2, 0.25) is 12.2 Å². The fourth-order valence-corrected chi connectivity index (χ4v) is 7.28. The van der Waals surface area contributed by atoms with Gasteiger partial charge in [0.15, 0.2) is 23.9 Å². The molecule has 2 aliphatic heterocycles. The van der Waals surface area contributed by atoms with Crippen LogP contribution in [-0.4, -0.2) is 153 Å². The van der Waals surface area contributed by atoms with Crippen molar-refractivity contribution in [1.82, 2.24) is 5.32 Å². The number of benzene rings is 1. The van der Waals surface area contributed by atoms with Crippen LogP contribution in [0.4, 0.5) is 0 Å². The van der Waals surface area contributed by atoms with Crippen LogP contribution < -0.4 is 14.8 Å². The minimum absolute atomic E-state index is 0.0709. The lowest BCUT2D eigenvalue weighted by Crippen LogP contribution is -2.74. The van der Waals surface area contributed by atoms with Gasteiger partial charge in [-0.05, 0) is 24.3 Å². The Kier molecular flexibility index (Phi) is 18.6. The minimum Gasteiger partial charge on any atom is -0.497 e. The largest absolute Gasteiger partial charge is 0.497 e. The van der Waals surface area contributed by atoms with Crippen LogP contribution >= 0.6 is 0 Å². The molecule has 0 bridgehead atoms. The zero-order valence-electron chi connectivity index (χ0n) is 36.3. The first-order valence-electron chi connectivity index (χ1n) is 19.3. The molecule has 1 aromatic carbocycles. The molecule has 12 atom stereocenters. The van der Waals surface area contributed by atoms with Gasteiger partial charge in [-0.2, -0.15) is 0 Å². The highest BCUT2D eigenvalue weighted by atomic mass is 16.7. The van der Waals surface area contributed by atoms with Gasteiger partial charge in [0.05, 0.1) is 26.2 Å². The molecule has 350 valence electrons. The highest BCUT2D eigenvalue weighted by Crippen LogP contribution is 2.45. The summed E-state index contributed by atoms with van der Waals surface area (Å²) >= 11 is 0. The number of nitrogens with one attached hydrogen (secondary N) is 1. The van der Waals surface area contributed by atoms with E-state index in [1.165, 1.54) is 31.4 Å². The van der Waals surface area contributed by atoms with Crippen LogP contribution in [0.5, 0.6) is 11.5 Å². The number of carbonyl (C=O) groups is 9. The molecular weight excluding hydrogens is 846 g/mol. The van der Waals surface area contributed by atoms with Gasteiger partial charge in [-0.15, -0.1) is 0 Å². The second kappa shape index (κ2) is 22.9. The van der Waals surface area contributed by atoms with E-state index >= 15 is 0 Å². The van der Waals surface area contributed by atoms with E-state index in [4.69, 9.17) is 56.8 Å². The molecule has 0 radical (unpaired) electrons. The molecule has 23 heteroatoms. The van der Waals surface area contributed by atoms with E-state index in [2.05, 4.69) is 5.32 Å². The molecule has 2 aliphatic rings. The molecular formula is C40H53NO22. The summed E-state index contributed by atoms with van der Waals surface area (Å²) in [5, 5.41) is 15.5. The molecule has 0 aliphatic carbocycles. The molecule has 63 heavy (non-hydrogen) atoms. The van der Waals surface area contributed by atoms with Crippen molar-refractivity contribution in [3.05, 3.63) is 24.3 Å². The molecule has 2 N–H and O–H groups in total. The van der Waals surface area contributed by atoms with Crippen LogP contribution in [0, 0.1) is 5.92 Å². The smallest absolute Gasteiger partial charge is 0.341 e. The van der Waals surface area contributed by atoms with Gasteiger partial charge in [-0.25, -0.2) is 4.79 Å². The lowest BCUT2D eigenvalue weighted by molar-refractivity contribution is -0.310. The summed E-state index contributed by atoms with van der Waals surface area (Å²) < 4.78 is 67.6. The third-order valence-corrected chi connectivity index (χ3v) is 9.50. The number of aliphatic hydroxyl groups is 1. The van der Waals surface area contributed by atoms with E-state index in [1.54, 1.807) is 0 Å². The average Bonchev–Trinajstić information content (AvgIpc) is 3.18. The first kappa shape index (κ1) is 51.3. The Hall–Kier alpha value is -6.07. The van der Waals surface area contributed by atoms with Crippen LogP contribution in [0.1, 0.15) is 61.8 Å². The van der Waals surface area contributed by atoms with Gasteiger partial charge in [-0.1, -0.05) is 0 Å². The summed E-state index contributed by atoms with van der Waals surface area (Å²) in [7, 11) is 2.31. The Morgan fingerprint density at radius 2 is 1.29 bits per heavy atom. The Balaban J connectivity index is 2.46. The van der Waals surface area contributed by atoms with Gasteiger partial charge >= 0.3 is 47.8 Å². The number of methoxy groups -OCH3 is 2. The van der Waals surface area contributed by atoms with E-state index in [1.807, 2.05) is 0 Å². The molecule has 0 unspecified atom stereocenters. The number of amides is 1. The lowest BCUT2D eigenvalue weighted by atomic mass is 9.72. The normalized spacial score (nSPS) is 26.7. The van der Waals surface area contributed by atoms with E-state index in [0.717, 1.165) is 62.5 Å². The first-order chi connectivity index (χ1) is 29.5. The summed E-state index contributed by atoms with van der Waals surface area (Å²) in [4.78, 5) is 115. The molecule has 0 spiro atoms. The number of carbonyl (C=O) groups excluding carboxylic acids is 9. The molecule has 0 saturated carbocycles. The monoisotopic (exact) mass is 899 g/mol. The van der Waals surface area contributed by atoms with Gasteiger partial charge in [0, 0.05) is 61.8 Å². The molecule has 2 fully saturated rings. The van der Waals surface area contributed by atoms with Crippen LogP contribution in [-0.2, 0) is 90.5 Å². The maximum atomic E-state index is 14.5. The van der Waals surface area contributed by atoms with Crippen molar-refractivity contribution < 1.29 is 105 Å². The van der Waals surface area contributed by atoms with Gasteiger partial charge in [0.1, 0.15) is 55.2 Å². The van der Waals surface area contributed by atoms with E-state index < -0.39 is 146 Å². The maximum absolute atomic E-state index is 14.5. The van der Waals surface area contributed by atoms with E-state index in [9.17, 15) is 48.3 Å². The number of aliphatic hydroxyl groups excluding tert-OH is 1. The Morgan fingerprint density at radius 3 is 1.78 bits per heavy atom. The zero-order valence-corrected chi connectivity index (χ0v) is 36.3. The van der Waals surface area contributed by atoms with Crippen LogP contribution in [0.3, 0.4) is 0 Å². The number of rotatable bonds is 18. The van der Waals surface area contributed by atoms with E-state index in [-0.39, 0.29) is 5.75 Å². The molecule has 23 nitrogen and oxygen atoms in total. The summed E-state index contributed by atoms with van der Waals surface area (Å²) in [6, 6.07) is 4.28. The molecule has 3 rings (SSSR count). The van der Waals surface area contributed by atoms with E-state index in [0.29, 0.717) is 5.75 Å². The SMILES string of the molecule is COC(=O)[C@@]1([C@@H](O)[C@H]2[C@@H](OC(C)=O)[C@@H](COC(C)=O)O[C@@H](Oc3ccc(OC)cc3)[C@@H]2OC(C)=O)C[C@H](OC(C)=O)[C@@H](NC(C)=O)[C@H]([C@H](OC(C)=O)[C@@H](COC(C)=O)OC(C)=O)O1. The summed E-state index contributed by atoms with van der Waals surface area (Å²) in [6.07, 6.45) is -17.9. The third-order valence-electron chi connectivity index (χ3n) is 9.50. The van der Waals surface area contributed by atoms with Crippen molar-refractivity contribution in [3.8, 4) is 11.5 Å². The fourth-order valence-electron chi connectivity index (χ4n) is 7.28. The highest BCUT2D eigenvalue weighted by molar-refractivity contribution is 5.81. The summed E-state index contributed by atoms with van der Waals surface area (Å²) in [6.45, 7) is 6.50.